The molecule has 0 aliphatic rings. The maximum atomic E-state index is 13.5. The van der Waals surface area contributed by atoms with Gasteiger partial charge in [0.1, 0.15) is 4.90 Å². The molecule has 0 amide bonds. The predicted octanol–water partition coefficient (Wildman–Crippen LogP) is 2.48. The van der Waals surface area contributed by atoms with Crippen LogP contribution in [0.4, 0.5) is 4.39 Å². The molecule has 106 valence electrons. The third-order valence-electron chi connectivity index (χ3n) is 2.29. The van der Waals surface area contributed by atoms with Crippen LogP contribution >= 0.6 is 35.4 Å². The smallest absolute Gasteiger partial charge is 0.243 e. The number of nitrogens with one attached hydrogen (secondary N) is 1. The zero-order valence-corrected chi connectivity index (χ0v) is 13.1. The van der Waals surface area contributed by atoms with E-state index < -0.39 is 31.3 Å². The minimum absolute atomic E-state index is 0.0540. The van der Waals surface area contributed by atoms with Crippen LogP contribution in [0.3, 0.4) is 0 Å². The van der Waals surface area contributed by atoms with Crippen LogP contribution in [0.5, 0.6) is 0 Å². The molecular formula is C10H11Cl2FN2O2S2. The Labute approximate surface area is 126 Å². The lowest BCUT2D eigenvalue weighted by Gasteiger charge is -2.24. The van der Waals surface area contributed by atoms with E-state index in [1.54, 1.807) is 0 Å². The minimum Gasteiger partial charge on any atom is -0.392 e. The molecule has 0 aromatic heterocycles. The first-order chi connectivity index (χ1) is 8.49. The summed E-state index contributed by atoms with van der Waals surface area (Å²) in [6.45, 7) is 2.96. The Hall–Kier alpha value is -0.470. The van der Waals surface area contributed by atoms with Crippen LogP contribution in [0.15, 0.2) is 17.0 Å². The third-order valence-corrected chi connectivity index (χ3v) is 5.28. The summed E-state index contributed by atoms with van der Waals surface area (Å²) in [6.07, 6.45) is 0. The standard InChI is InChI=1S/C10H11Cl2FN2O2S2/c1-10(2,9(14)18)15-19(16,17)6-4-3-5(11)8(13)7(6)12/h3-4,15H,1-2H3,(H2,14,18). The van der Waals surface area contributed by atoms with Crippen molar-refractivity contribution in [3.8, 4) is 0 Å². The van der Waals surface area contributed by atoms with Crippen LogP contribution in [0.2, 0.25) is 10.0 Å². The monoisotopic (exact) mass is 344 g/mol. The Morgan fingerprint density at radius 3 is 2.42 bits per heavy atom. The summed E-state index contributed by atoms with van der Waals surface area (Å²) < 4.78 is 40.0. The molecule has 0 saturated heterocycles. The van der Waals surface area contributed by atoms with Gasteiger partial charge in [0.2, 0.25) is 10.0 Å². The number of sulfonamides is 1. The van der Waals surface area contributed by atoms with Gasteiger partial charge in [0.15, 0.2) is 5.82 Å². The lowest BCUT2D eigenvalue weighted by atomic mass is 10.1. The van der Waals surface area contributed by atoms with Gasteiger partial charge in [-0.15, -0.1) is 0 Å². The van der Waals surface area contributed by atoms with Gasteiger partial charge >= 0.3 is 0 Å². The first kappa shape index (κ1) is 16.6. The second kappa shape index (κ2) is 5.49. The fraction of sp³-hybridized carbons (Fsp3) is 0.300. The molecule has 4 nitrogen and oxygen atoms in total. The summed E-state index contributed by atoms with van der Waals surface area (Å²) in [6, 6.07) is 2.21. The topological polar surface area (TPSA) is 72.2 Å². The molecule has 0 heterocycles. The van der Waals surface area contributed by atoms with Crippen LogP contribution in [0, 0.1) is 5.82 Å². The van der Waals surface area contributed by atoms with Crippen LogP contribution < -0.4 is 10.5 Å². The van der Waals surface area contributed by atoms with E-state index in [0.717, 1.165) is 12.1 Å². The maximum Gasteiger partial charge on any atom is 0.243 e. The second-order valence-corrected chi connectivity index (χ2v) is 7.14. The molecule has 19 heavy (non-hydrogen) atoms. The van der Waals surface area contributed by atoms with Crippen molar-refractivity contribution in [3.05, 3.63) is 28.0 Å². The highest BCUT2D eigenvalue weighted by atomic mass is 35.5. The number of thiocarbonyl (C=S) groups is 1. The molecule has 0 radical (unpaired) electrons. The van der Waals surface area contributed by atoms with Crippen molar-refractivity contribution in [1.29, 1.82) is 0 Å². The van der Waals surface area contributed by atoms with Gasteiger partial charge < -0.3 is 5.73 Å². The SMILES string of the molecule is CC(C)(NS(=O)(=O)c1ccc(Cl)c(F)c1Cl)C(N)=S. The summed E-state index contributed by atoms with van der Waals surface area (Å²) >= 11 is 15.9. The Morgan fingerprint density at radius 1 is 1.42 bits per heavy atom. The summed E-state index contributed by atoms with van der Waals surface area (Å²) in [5, 5.41) is -0.851. The first-order valence-electron chi connectivity index (χ1n) is 4.96. The van der Waals surface area contributed by atoms with E-state index >= 15 is 0 Å². The van der Waals surface area contributed by atoms with Crippen molar-refractivity contribution in [3.63, 3.8) is 0 Å². The van der Waals surface area contributed by atoms with Crippen LogP contribution in [0.25, 0.3) is 0 Å². The van der Waals surface area contributed by atoms with Crippen molar-refractivity contribution in [2.45, 2.75) is 24.3 Å². The number of halogens is 3. The van der Waals surface area contributed by atoms with E-state index in [1.807, 2.05) is 0 Å². The van der Waals surface area contributed by atoms with E-state index in [0.29, 0.717) is 0 Å². The van der Waals surface area contributed by atoms with Crippen LogP contribution in [-0.2, 0) is 10.0 Å². The van der Waals surface area contributed by atoms with E-state index in [9.17, 15) is 12.8 Å². The number of nitrogens with two attached hydrogens (primary N) is 1. The molecule has 0 spiro atoms. The Balaban J connectivity index is 3.30. The molecule has 1 aromatic carbocycles. The molecular weight excluding hydrogens is 334 g/mol. The van der Waals surface area contributed by atoms with Gasteiger partial charge in [0.05, 0.1) is 20.6 Å². The molecule has 1 aromatic rings. The lowest BCUT2D eigenvalue weighted by Crippen LogP contribution is -2.52. The molecule has 1 rings (SSSR count). The second-order valence-electron chi connectivity index (χ2n) is 4.27. The average Bonchev–Trinajstić information content (AvgIpc) is 2.23. The number of rotatable bonds is 4. The first-order valence-corrected chi connectivity index (χ1v) is 7.61. The summed E-state index contributed by atoms with van der Waals surface area (Å²) in [5.74, 6) is -1.00. The summed E-state index contributed by atoms with van der Waals surface area (Å²) in [5.41, 5.74) is 4.25. The normalized spacial score (nSPS) is 12.5. The molecule has 9 heteroatoms. The molecule has 0 bridgehead atoms. The van der Waals surface area contributed by atoms with Gasteiger partial charge in [0, 0.05) is 0 Å². The van der Waals surface area contributed by atoms with Gasteiger partial charge in [-0.25, -0.2) is 12.8 Å². The number of hydrogen-bond donors (Lipinski definition) is 2. The fourth-order valence-electron chi connectivity index (χ4n) is 1.16. The summed E-state index contributed by atoms with van der Waals surface area (Å²) in [4.78, 5) is -0.484. The molecule has 0 unspecified atom stereocenters. The van der Waals surface area contributed by atoms with Gasteiger partial charge in [-0.05, 0) is 26.0 Å². The zero-order valence-electron chi connectivity index (χ0n) is 10.00. The highest BCUT2D eigenvalue weighted by molar-refractivity contribution is 7.89. The lowest BCUT2D eigenvalue weighted by molar-refractivity contribution is 0.544. The number of benzene rings is 1. The van der Waals surface area contributed by atoms with Crippen LogP contribution in [-0.4, -0.2) is 18.9 Å². The molecule has 3 N–H and O–H groups in total. The zero-order chi connectivity index (χ0) is 15.0. The van der Waals surface area contributed by atoms with E-state index in [2.05, 4.69) is 4.72 Å². The highest BCUT2D eigenvalue weighted by Gasteiger charge is 2.31. The van der Waals surface area contributed by atoms with Crippen molar-refractivity contribution < 1.29 is 12.8 Å². The van der Waals surface area contributed by atoms with E-state index in [1.165, 1.54) is 13.8 Å². The average molecular weight is 345 g/mol. The van der Waals surface area contributed by atoms with Crippen molar-refractivity contribution in [2.24, 2.45) is 5.73 Å². The Kier molecular flexibility index (Phi) is 4.79. The largest absolute Gasteiger partial charge is 0.392 e. The quantitative estimate of drug-likeness (QED) is 0.650. The summed E-state index contributed by atoms with van der Waals surface area (Å²) in [7, 11) is -4.08. The van der Waals surface area contributed by atoms with Crippen LogP contribution in [0.1, 0.15) is 13.8 Å². The van der Waals surface area contributed by atoms with Gasteiger partial charge in [-0.1, -0.05) is 35.4 Å². The third kappa shape index (κ3) is 3.55. The van der Waals surface area contributed by atoms with Gasteiger partial charge in [-0.2, -0.15) is 4.72 Å². The molecule has 0 aliphatic carbocycles. The Morgan fingerprint density at radius 2 is 1.95 bits per heavy atom. The fourth-order valence-corrected chi connectivity index (χ4v) is 3.41. The van der Waals surface area contributed by atoms with Crippen molar-refractivity contribution in [2.75, 3.05) is 0 Å². The molecule has 0 atom stereocenters. The molecule has 0 saturated carbocycles. The molecule has 0 fully saturated rings. The minimum atomic E-state index is -4.08. The maximum absolute atomic E-state index is 13.5. The van der Waals surface area contributed by atoms with Gasteiger partial charge in [-0.3, -0.25) is 0 Å². The molecule has 0 aliphatic heterocycles. The predicted molar refractivity (Wildman–Crippen MR) is 77.6 cm³/mol. The Bertz CT molecular complexity index is 633. The number of hydrogen-bond acceptors (Lipinski definition) is 3. The van der Waals surface area contributed by atoms with E-state index in [-0.39, 0.29) is 10.0 Å². The van der Waals surface area contributed by atoms with E-state index in [4.69, 9.17) is 41.2 Å². The highest BCUT2D eigenvalue weighted by Crippen LogP contribution is 2.29. The van der Waals surface area contributed by atoms with Crippen molar-refractivity contribution in [1.82, 2.24) is 4.72 Å². The van der Waals surface area contributed by atoms with Gasteiger partial charge in [0.25, 0.3) is 0 Å². The van der Waals surface area contributed by atoms with Crippen molar-refractivity contribution >= 4 is 50.4 Å².